The van der Waals surface area contributed by atoms with Gasteiger partial charge < -0.3 is 14.4 Å². The SMILES string of the molecule is O=C(C1=C(O)C(=O)N(Cc2ccccc2)[C@@H]1c1cccnc1)c1ccco1. The van der Waals surface area contributed by atoms with E-state index in [9.17, 15) is 14.7 Å². The zero-order valence-electron chi connectivity index (χ0n) is 14.3. The number of amides is 1. The lowest BCUT2D eigenvalue weighted by Crippen LogP contribution is -2.30. The first-order valence-electron chi connectivity index (χ1n) is 8.43. The summed E-state index contributed by atoms with van der Waals surface area (Å²) < 4.78 is 5.19. The lowest BCUT2D eigenvalue weighted by atomic mass is 9.96. The van der Waals surface area contributed by atoms with Crippen molar-refractivity contribution < 1.29 is 19.1 Å². The maximum atomic E-state index is 12.9. The fraction of sp³-hybridized carbons (Fsp3) is 0.0952. The van der Waals surface area contributed by atoms with Gasteiger partial charge in [-0.25, -0.2) is 0 Å². The number of carbonyl (C=O) groups excluding carboxylic acids is 2. The average Bonchev–Trinajstić information content (AvgIpc) is 3.32. The molecule has 0 radical (unpaired) electrons. The predicted molar refractivity (Wildman–Crippen MR) is 96.7 cm³/mol. The molecule has 6 heteroatoms. The Bertz CT molecular complexity index is 995. The second kappa shape index (κ2) is 6.92. The van der Waals surface area contributed by atoms with Crippen molar-refractivity contribution in [3.8, 4) is 0 Å². The van der Waals surface area contributed by atoms with Gasteiger partial charge in [-0.05, 0) is 29.3 Å². The number of hydrogen-bond acceptors (Lipinski definition) is 5. The molecule has 0 aliphatic carbocycles. The van der Waals surface area contributed by atoms with E-state index in [1.54, 1.807) is 30.6 Å². The minimum Gasteiger partial charge on any atom is -0.503 e. The molecule has 0 bridgehead atoms. The molecule has 3 heterocycles. The van der Waals surface area contributed by atoms with Crippen LogP contribution in [-0.2, 0) is 11.3 Å². The first-order chi connectivity index (χ1) is 13.2. The van der Waals surface area contributed by atoms with Crippen molar-refractivity contribution in [3.63, 3.8) is 0 Å². The van der Waals surface area contributed by atoms with E-state index in [4.69, 9.17) is 4.42 Å². The Labute approximate surface area is 155 Å². The van der Waals surface area contributed by atoms with Crippen LogP contribution in [0.25, 0.3) is 0 Å². The van der Waals surface area contributed by atoms with Gasteiger partial charge in [-0.15, -0.1) is 0 Å². The summed E-state index contributed by atoms with van der Waals surface area (Å²) >= 11 is 0. The lowest BCUT2D eigenvalue weighted by molar-refractivity contribution is -0.130. The van der Waals surface area contributed by atoms with Crippen molar-refractivity contribution in [2.45, 2.75) is 12.6 Å². The smallest absolute Gasteiger partial charge is 0.290 e. The quantitative estimate of drug-likeness (QED) is 0.705. The first kappa shape index (κ1) is 16.8. The van der Waals surface area contributed by atoms with E-state index >= 15 is 0 Å². The molecule has 0 saturated carbocycles. The van der Waals surface area contributed by atoms with E-state index < -0.39 is 23.5 Å². The monoisotopic (exact) mass is 360 g/mol. The second-order valence-electron chi connectivity index (χ2n) is 6.18. The molecule has 1 atom stereocenters. The van der Waals surface area contributed by atoms with Gasteiger partial charge in [0.05, 0.1) is 17.9 Å². The third-order valence-corrected chi connectivity index (χ3v) is 4.49. The Balaban J connectivity index is 1.79. The van der Waals surface area contributed by atoms with Gasteiger partial charge in [0.2, 0.25) is 5.78 Å². The zero-order valence-corrected chi connectivity index (χ0v) is 14.3. The van der Waals surface area contributed by atoms with Crippen LogP contribution in [0.2, 0.25) is 0 Å². The molecule has 134 valence electrons. The van der Waals surface area contributed by atoms with Crippen molar-refractivity contribution >= 4 is 11.7 Å². The number of aliphatic hydroxyl groups is 1. The number of aromatic nitrogens is 1. The maximum Gasteiger partial charge on any atom is 0.290 e. The van der Waals surface area contributed by atoms with Crippen molar-refractivity contribution in [1.29, 1.82) is 0 Å². The third-order valence-electron chi connectivity index (χ3n) is 4.49. The Morgan fingerprint density at radius 3 is 2.59 bits per heavy atom. The summed E-state index contributed by atoms with van der Waals surface area (Å²) in [5.74, 6) is -1.60. The van der Waals surface area contributed by atoms with E-state index in [-0.39, 0.29) is 17.9 Å². The number of furan rings is 1. The highest BCUT2D eigenvalue weighted by molar-refractivity contribution is 6.14. The number of benzene rings is 1. The Morgan fingerprint density at radius 1 is 1.11 bits per heavy atom. The van der Waals surface area contributed by atoms with Crippen LogP contribution in [-0.4, -0.2) is 26.7 Å². The highest BCUT2D eigenvalue weighted by atomic mass is 16.3. The van der Waals surface area contributed by atoms with Crippen molar-refractivity contribution in [2.75, 3.05) is 0 Å². The van der Waals surface area contributed by atoms with E-state index in [0.29, 0.717) is 5.56 Å². The molecule has 1 amide bonds. The molecule has 2 aromatic heterocycles. The molecule has 1 N–H and O–H groups in total. The summed E-state index contributed by atoms with van der Waals surface area (Å²) in [5.41, 5.74) is 1.53. The normalized spacial score (nSPS) is 16.8. The van der Waals surface area contributed by atoms with Crippen LogP contribution < -0.4 is 0 Å². The van der Waals surface area contributed by atoms with E-state index in [2.05, 4.69) is 4.98 Å². The highest BCUT2D eigenvalue weighted by Gasteiger charge is 2.44. The number of nitrogens with zero attached hydrogens (tertiary/aromatic N) is 2. The molecular weight excluding hydrogens is 344 g/mol. The Hall–Kier alpha value is -3.67. The van der Waals surface area contributed by atoms with Gasteiger partial charge >= 0.3 is 0 Å². The first-order valence-corrected chi connectivity index (χ1v) is 8.43. The Kier molecular flexibility index (Phi) is 4.30. The minimum absolute atomic E-state index is 0.00104. The van der Waals surface area contributed by atoms with Gasteiger partial charge in [-0.2, -0.15) is 0 Å². The van der Waals surface area contributed by atoms with E-state index in [0.717, 1.165) is 5.56 Å². The highest BCUT2D eigenvalue weighted by Crippen LogP contribution is 2.39. The second-order valence-corrected chi connectivity index (χ2v) is 6.18. The van der Waals surface area contributed by atoms with Crippen LogP contribution >= 0.6 is 0 Å². The van der Waals surface area contributed by atoms with Crippen LogP contribution in [0.15, 0.2) is 89.0 Å². The number of rotatable bonds is 5. The topological polar surface area (TPSA) is 83.6 Å². The molecule has 6 nitrogen and oxygen atoms in total. The molecule has 27 heavy (non-hydrogen) atoms. The third kappa shape index (κ3) is 3.01. The zero-order chi connectivity index (χ0) is 18.8. The average molecular weight is 360 g/mol. The molecule has 1 aromatic carbocycles. The van der Waals surface area contributed by atoms with Crippen LogP contribution in [0, 0.1) is 0 Å². The summed E-state index contributed by atoms with van der Waals surface area (Å²) in [6.07, 6.45) is 4.58. The van der Waals surface area contributed by atoms with Crippen LogP contribution in [0.4, 0.5) is 0 Å². The van der Waals surface area contributed by atoms with Crippen LogP contribution in [0.3, 0.4) is 0 Å². The predicted octanol–water partition coefficient (Wildman–Crippen LogP) is 3.45. The largest absolute Gasteiger partial charge is 0.503 e. The van der Waals surface area contributed by atoms with E-state index in [1.807, 2.05) is 30.3 Å². The van der Waals surface area contributed by atoms with Gasteiger partial charge in [-0.1, -0.05) is 36.4 Å². The van der Waals surface area contributed by atoms with E-state index in [1.165, 1.54) is 17.2 Å². The summed E-state index contributed by atoms with van der Waals surface area (Å²) in [6, 6.07) is 15.2. The van der Waals surface area contributed by atoms with Gasteiger partial charge in [0.25, 0.3) is 5.91 Å². The maximum absolute atomic E-state index is 12.9. The van der Waals surface area contributed by atoms with Crippen molar-refractivity contribution in [3.05, 3.63) is 101 Å². The van der Waals surface area contributed by atoms with Crippen molar-refractivity contribution in [2.24, 2.45) is 0 Å². The van der Waals surface area contributed by atoms with Gasteiger partial charge in [0.15, 0.2) is 11.5 Å². The molecule has 3 aromatic rings. The minimum atomic E-state index is -0.746. The van der Waals surface area contributed by atoms with Gasteiger partial charge in [0, 0.05) is 18.9 Å². The molecule has 4 rings (SSSR count). The fourth-order valence-electron chi connectivity index (χ4n) is 3.25. The number of ketones is 1. The Morgan fingerprint density at radius 2 is 1.93 bits per heavy atom. The summed E-state index contributed by atoms with van der Waals surface area (Å²) in [5, 5.41) is 10.5. The van der Waals surface area contributed by atoms with Crippen molar-refractivity contribution in [1.82, 2.24) is 9.88 Å². The fourth-order valence-corrected chi connectivity index (χ4v) is 3.25. The summed E-state index contributed by atoms with van der Waals surface area (Å²) in [7, 11) is 0. The van der Waals surface area contributed by atoms with Crippen LogP contribution in [0.1, 0.15) is 27.7 Å². The number of carbonyl (C=O) groups is 2. The molecule has 1 aliphatic rings. The number of Topliss-reactive ketones (excluding diaryl/α,β-unsaturated/α-hetero) is 1. The number of hydrogen-bond donors (Lipinski definition) is 1. The van der Waals surface area contributed by atoms with Gasteiger partial charge in [0.1, 0.15) is 0 Å². The van der Waals surface area contributed by atoms with Crippen LogP contribution in [0.5, 0.6) is 0 Å². The lowest BCUT2D eigenvalue weighted by Gasteiger charge is -2.26. The standard InChI is InChI=1S/C21H16N2O4/c24-19(16-9-5-11-27-16)17-18(15-8-4-10-22-12-15)23(21(26)20(17)25)13-14-6-2-1-3-7-14/h1-12,18,25H,13H2/t18-/m1/s1. The molecule has 1 aliphatic heterocycles. The van der Waals surface area contributed by atoms with Gasteiger partial charge in [-0.3, -0.25) is 14.6 Å². The number of pyridine rings is 1. The molecular formula is C21H16N2O4. The molecule has 0 spiro atoms. The summed E-state index contributed by atoms with van der Waals surface area (Å²) in [4.78, 5) is 31.3. The molecule has 0 saturated heterocycles. The number of aliphatic hydroxyl groups excluding tert-OH is 1. The molecule has 0 unspecified atom stereocenters. The molecule has 0 fully saturated rings. The summed E-state index contributed by atoms with van der Waals surface area (Å²) in [6.45, 7) is 0.248.